The molecular formula is C11H10N4O5S2. The van der Waals surface area contributed by atoms with Gasteiger partial charge >= 0.3 is 12.2 Å². The van der Waals surface area contributed by atoms with E-state index in [-0.39, 0.29) is 25.8 Å². The second kappa shape index (κ2) is 6.07. The summed E-state index contributed by atoms with van der Waals surface area (Å²) in [5.74, 6) is -0.373. The first kappa shape index (κ1) is 15.9. The molecule has 22 heavy (non-hydrogen) atoms. The topological polar surface area (TPSA) is 142 Å². The molecule has 0 aliphatic carbocycles. The Hall–Kier alpha value is -2.53. The molecule has 0 saturated carbocycles. The van der Waals surface area contributed by atoms with E-state index in [1.165, 1.54) is 0 Å². The van der Waals surface area contributed by atoms with Crippen molar-refractivity contribution in [2.24, 2.45) is 0 Å². The molecule has 0 aromatic carbocycles. The molecular weight excluding hydrogens is 332 g/mol. The zero-order valence-corrected chi connectivity index (χ0v) is 13.0. The molecule has 0 fully saturated rings. The summed E-state index contributed by atoms with van der Waals surface area (Å²) in [6.07, 6.45) is -2.54. The maximum absolute atomic E-state index is 12.5. The molecule has 0 bridgehead atoms. The van der Waals surface area contributed by atoms with Gasteiger partial charge in [-0.1, -0.05) is 22.7 Å². The lowest BCUT2D eigenvalue weighted by Gasteiger charge is -1.95. The van der Waals surface area contributed by atoms with E-state index in [0.717, 1.165) is 22.7 Å². The van der Waals surface area contributed by atoms with Crippen molar-refractivity contribution in [1.29, 1.82) is 0 Å². The molecule has 0 radical (unpaired) electrons. The predicted octanol–water partition coefficient (Wildman–Crippen LogP) is 2.63. The van der Waals surface area contributed by atoms with Crippen LogP contribution in [0.1, 0.15) is 25.9 Å². The largest absolute Gasteiger partial charge is 0.465 e. The van der Waals surface area contributed by atoms with Crippen molar-refractivity contribution in [2.45, 2.75) is 13.8 Å². The lowest BCUT2D eigenvalue weighted by Crippen LogP contribution is -2.06. The first-order valence-electron chi connectivity index (χ1n) is 5.77. The Kier molecular flexibility index (Phi) is 4.37. The number of anilines is 2. The van der Waals surface area contributed by atoms with Gasteiger partial charge in [-0.15, -0.1) is 0 Å². The molecule has 9 nitrogen and oxygen atoms in total. The van der Waals surface area contributed by atoms with E-state index in [1.807, 2.05) is 0 Å². The Morgan fingerprint density at radius 2 is 1.23 bits per heavy atom. The van der Waals surface area contributed by atoms with E-state index in [4.69, 9.17) is 10.2 Å². The fourth-order valence-corrected chi connectivity index (χ4v) is 3.48. The minimum absolute atomic E-state index is 0.0967. The summed E-state index contributed by atoms with van der Waals surface area (Å²) in [7, 11) is 0. The van der Waals surface area contributed by atoms with Crippen LogP contribution in [0.3, 0.4) is 0 Å². The van der Waals surface area contributed by atoms with Crippen LogP contribution in [0.4, 0.5) is 19.9 Å². The predicted molar refractivity (Wildman–Crippen MR) is 80.4 cm³/mol. The van der Waals surface area contributed by atoms with Crippen LogP contribution in [0, 0.1) is 13.8 Å². The summed E-state index contributed by atoms with van der Waals surface area (Å²) in [4.78, 5) is 42.1. The Balaban J connectivity index is 2.32. The number of nitrogens with one attached hydrogen (secondary N) is 2. The van der Waals surface area contributed by atoms with Crippen molar-refractivity contribution in [3.05, 3.63) is 21.1 Å². The van der Waals surface area contributed by atoms with Gasteiger partial charge in [-0.05, 0) is 13.8 Å². The molecule has 0 aliphatic rings. The maximum Gasteiger partial charge on any atom is 0.410 e. The van der Waals surface area contributed by atoms with Gasteiger partial charge in [0.2, 0.25) is 5.78 Å². The molecule has 2 aromatic rings. The van der Waals surface area contributed by atoms with E-state index >= 15 is 0 Å². The number of carboxylic acid groups (broad SMARTS) is 2. The number of hydrogen-bond donors (Lipinski definition) is 4. The maximum atomic E-state index is 12.5. The zero-order chi connectivity index (χ0) is 16.4. The van der Waals surface area contributed by atoms with E-state index < -0.39 is 12.2 Å². The highest BCUT2D eigenvalue weighted by Gasteiger charge is 2.23. The molecule has 2 aromatic heterocycles. The molecule has 0 spiro atoms. The van der Waals surface area contributed by atoms with Crippen molar-refractivity contribution in [3.8, 4) is 0 Å². The summed E-state index contributed by atoms with van der Waals surface area (Å²) in [5.41, 5.74) is 0.776. The molecule has 2 rings (SSSR count). The minimum atomic E-state index is -1.27. The third-order valence-electron chi connectivity index (χ3n) is 2.43. The number of ketones is 1. The van der Waals surface area contributed by atoms with Crippen LogP contribution in [-0.4, -0.2) is 38.2 Å². The molecule has 2 heterocycles. The van der Waals surface area contributed by atoms with Gasteiger partial charge in [0.25, 0.3) is 0 Å². The summed E-state index contributed by atoms with van der Waals surface area (Å²) in [6.45, 7) is 3.17. The highest BCUT2D eigenvalue weighted by atomic mass is 32.1. The second-order valence-corrected chi connectivity index (χ2v) is 6.05. The number of thiazole rings is 2. The highest BCUT2D eigenvalue weighted by Crippen LogP contribution is 2.30. The highest BCUT2D eigenvalue weighted by molar-refractivity contribution is 7.21. The van der Waals surface area contributed by atoms with E-state index in [1.54, 1.807) is 13.8 Å². The zero-order valence-electron chi connectivity index (χ0n) is 11.3. The number of aryl methyl sites for hydroxylation is 2. The van der Waals surface area contributed by atoms with Crippen LogP contribution >= 0.6 is 22.7 Å². The smallest absolute Gasteiger partial charge is 0.410 e. The lowest BCUT2D eigenvalue weighted by molar-refractivity contribution is 0.104. The summed E-state index contributed by atoms with van der Waals surface area (Å²) in [5, 5.41) is 21.7. The summed E-state index contributed by atoms with van der Waals surface area (Å²) < 4.78 is 0. The van der Waals surface area contributed by atoms with Gasteiger partial charge in [0.1, 0.15) is 9.75 Å². The molecule has 116 valence electrons. The minimum Gasteiger partial charge on any atom is -0.465 e. The van der Waals surface area contributed by atoms with Crippen LogP contribution in [-0.2, 0) is 0 Å². The lowest BCUT2D eigenvalue weighted by atomic mass is 10.2. The normalized spacial score (nSPS) is 10.3. The molecule has 4 N–H and O–H groups in total. The fourth-order valence-electron chi connectivity index (χ4n) is 1.61. The summed E-state index contributed by atoms with van der Waals surface area (Å²) in [6, 6.07) is 0. The van der Waals surface area contributed by atoms with Crippen LogP contribution in [0.5, 0.6) is 0 Å². The molecule has 11 heteroatoms. The number of carbonyl (C=O) groups is 3. The van der Waals surface area contributed by atoms with Crippen molar-refractivity contribution in [1.82, 2.24) is 9.97 Å². The standard InChI is InChI=1S/C11H10N4O5S2/c1-3-6(21-8(12-3)14-10(17)18)5(16)7-4(2)13-9(22-7)15-11(19)20/h1-2H3,(H,12,14)(H,13,15)(H,17,18)(H,19,20). The van der Waals surface area contributed by atoms with Gasteiger partial charge in [0.15, 0.2) is 10.3 Å². The first-order valence-corrected chi connectivity index (χ1v) is 7.40. The molecule has 0 saturated heterocycles. The SMILES string of the molecule is Cc1nc(NC(=O)O)sc1C(=O)c1sc(NC(=O)O)nc1C. The molecule has 0 aliphatic heterocycles. The van der Waals surface area contributed by atoms with Crippen LogP contribution in [0.2, 0.25) is 0 Å². The average molecular weight is 342 g/mol. The fraction of sp³-hybridized carbons (Fsp3) is 0.182. The van der Waals surface area contributed by atoms with Crippen LogP contribution in [0.15, 0.2) is 0 Å². The van der Waals surface area contributed by atoms with Crippen molar-refractivity contribution in [3.63, 3.8) is 0 Å². The first-order chi connectivity index (χ1) is 10.3. The summed E-state index contributed by atoms with van der Waals surface area (Å²) >= 11 is 1.82. The third kappa shape index (κ3) is 3.38. The number of hydrogen-bond acceptors (Lipinski definition) is 7. The van der Waals surface area contributed by atoms with E-state index in [2.05, 4.69) is 20.6 Å². The number of aromatic nitrogens is 2. The van der Waals surface area contributed by atoms with Gasteiger partial charge in [0.05, 0.1) is 11.4 Å². The van der Waals surface area contributed by atoms with Crippen LogP contribution < -0.4 is 10.6 Å². The van der Waals surface area contributed by atoms with E-state index in [9.17, 15) is 14.4 Å². The van der Waals surface area contributed by atoms with Crippen molar-refractivity contribution >= 4 is 50.9 Å². The second-order valence-electron chi connectivity index (χ2n) is 4.06. The number of rotatable bonds is 4. The van der Waals surface area contributed by atoms with Gasteiger partial charge in [0, 0.05) is 0 Å². The Labute approximate surface area is 131 Å². The van der Waals surface area contributed by atoms with E-state index in [0.29, 0.717) is 11.4 Å². The van der Waals surface area contributed by atoms with Gasteiger partial charge < -0.3 is 10.2 Å². The van der Waals surface area contributed by atoms with Gasteiger partial charge in [-0.25, -0.2) is 19.6 Å². The molecule has 0 atom stereocenters. The van der Waals surface area contributed by atoms with Gasteiger partial charge in [-0.2, -0.15) is 0 Å². The number of nitrogens with zero attached hydrogens (tertiary/aromatic N) is 2. The van der Waals surface area contributed by atoms with Crippen molar-refractivity contribution < 1.29 is 24.6 Å². The Bertz CT molecular complexity index is 704. The Morgan fingerprint density at radius 1 is 0.864 bits per heavy atom. The molecule has 0 unspecified atom stereocenters. The number of amides is 2. The molecule has 2 amide bonds. The quantitative estimate of drug-likeness (QED) is 0.626. The van der Waals surface area contributed by atoms with Gasteiger partial charge in [-0.3, -0.25) is 15.4 Å². The van der Waals surface area contributed by atoms with Crippen molar-refractivity contribution in [2.75, 3.05) is 10.6 Å². The number of carbonyl (C=O) groups excluding carboxylic acids is 1. The monoisotopic (exact) mass is 342 g/mol. The average Bonchev–Trinajstić information content (AvgIpc) is 2.90. The van der Waals surface area contributed by atoms with Crippen LogP contribution in [0.25, 0.3) is 0 Å². The Morgan fingerprint density at radius 3 is 1.55 bits per heavy atom. The third-order valence-corrected chi connectivity index (χ3v) is 4.58.